The number of nitrogen functional groups attached to an aromatic ring is 1. The van der Waals surface area contributed by atoms with E-state index < -0.39 is 11.4 Å². The van der Waals surface area contributed by atoms with E-state index in [1.165, 1.54) is 6.92 Å². The standard InChI is InChI=1S/C12H15BrN4O2/c1-3-19-11(18)12(2,6-14)7-17-9-4-8(13)5-16-10(9)15/h4-5,17H,3,7H2,1-2H3,(H2,15,16)/t12-/m0/s1. The van der Waals surface area contributed by atoms with E-state index in [9.17, 15) is 4.79 Å². The Kier molecular flexibility index (Phi) is 5.12. The van der Waals surface area contributed by atoms with Crippen LogP contribution in [0.2, 0.25) is 0 Å². The molecule has 1 aromatic rings. The summed E-state index contributed by atoms with van der Waals surface area (Å²) in [5.74, 6) is -0.265. The summed E-state index contributed by atoms with van der Waals surface area (Å²) in [4.78, 5) is 15.7. The van der Waals surface area contributed by atoms with E-state index >= 15 is 0 Å². The first kappa shape index (κ1) is 15.2. The summed E-state index contributed by atoms with van der Waals surface area (Å²) in [5, 5.41) is 12.1. The van der Waals surface area contributed by atoms with Gasteiger partial charge >= 0.3 is 5.97 Å². The van der Waals surface area contributed by atoms with Gasteiger partial charge in [-0.15, -0.1) is 0 Å². The first-order chi connectivity index (χ1) is 8.92. The number of nitrogens with two attached hydrogens (primary N) is 1. The maximum atomic E-state index is 11.7. The highest BCUT2D eigenvalue weighted by molar-refractivity contribution is 9.10. The van der Waals surface area contributed by atoms with E-state index in [-0.39, 0.29) is 13.2 Å². The van der Waals surface area contributed by atoms with Crippen LogP contribution in [0.25, 0.3) is 0 Å². The molecule has 1 heterocycles. The predicted molar refractivity (Wildman–Crippen MR) is 75.2 cm³/mol. The smallest absolute Gasteiger partial charge is 0.328 e. The fraction of sp³-hybridized carbons (Fsp3) is 0.417. The molecular weight excluding hydrogens is 312 g/mol. The average molecular weight is 327 g/mol. The van der Waals surface area contributed by atoms with Crippen molar-refractivity contribution >= 4 is 33.4 Å². The molecule has 0 fully saturated rings. The molecular formula is C12H15BrN4O2. The average Bonchev–Trinajstić information content (AvgIpc) is 2.39. The Balaban J connectivity index is 2.81. The van der Waals surface area contributed by atoms with Gasteiger partial charge in [0.15, 0.2) is 5.41 Å². The third kappa shape index (κ3) is 3.83. The lowest BCUT2D eigenvalue weighted by molar-refractivity contribution is -0.150. The highest BCUT2D eigenvalue weighted by Gasteiger charge is 2.35. The number of halogens is 1. The van der Waals surface area contributed by atoms with Crippen molar-refractivity contribution < 1.29 is 9.53 Å². The fourth-order valence-electron chi connectivity index (χ4n) is 1.31. The number of aromatic nitrogens is 1. The lowest BCUT2D eigenvalue weighted by atomic mass is 9.93. The van der Waals surface area contributed by atoms with E-state index in [2.05, 4.69) is 26.2 Å². The third-order valence-electron chi connectivity index (χ3n) is 2.49. The molecule has 1 rings (SSSR count). The summed E-state index contributed by atoms with van der Waals surface area (Å²) in [6.45, 7) is 3.53. The molecule has 7 heteroatoms. The number of hydrogen-bond acceptors (Lipinski definition) is 6. The van der Waals surface area contributed by atoms with Crippen LogP contribution < -0.4 is 11.1 Å². The minimum absolute atomic E-state index is 0.0880. The number of carbonyl (C=O) groups is 1. The Hall–Kier alpha value is -1.81. The normalized spacial score (nSPS) is 13.2. The molecule has 1 aromatic heterocycles. The summed E-state index contributed by atoms with van der Waals surface area (Å²) in [6, 6.07) is 3.68. The van der Waals surface area contributed by atoms with Crippen molar-refractivity contribution in [2.45, 2.75) is 13.8 Å². The van der Waals surface area contributed by atoms with Crippen molar-refractivity contribution in [1.82, 2.24) is 4.98 Å². The maximum absolute atomic E-state index is 11.7. The van der Waals surface area contributed by atoms with E-state index in [1.54, 1.807) is 19.2 Å². The van der Waals surface area contributed by atoms with E-state index in [0.29, 0.717) is 11.5 Å². The quantitative estimate of drug-likeness (QED) is 0.802. The first-order valence-electron chi connectivity index (χ1n) is 5.66. The van der Waals surface area contributed by atoms with Crippen LogP contribution in [-0.4, -0.2) is 24.1 Å². The zero-order chi connectivity index (χ0) is 14.5. The van der Waals surface area contributed by atoms with Crippen molar-refractivity contribution in [2.75, 3.05) is 24.2 Å². The molecule has 0 unspecified atom stereocenters. The van der Waals surface area contributed by atoms with Crippen LogP contribution in [0.1, 0.15) is 13.8 Å². The van der Waals surface area contributed by atoms with Crippen molar-refractivity contribution in [3.63, 3.8) is 0 Å². The molecule has 0 bridgehead atoms. The number of hydrogen-bond donors (Lipinski definition) is 2. The van der Waals surface area contributed by atoms with Crippen molar-refractivity contribution in [3.8, 4) is 6.07 Å². The molecule has 3 N–H and O–H groups in total. The van der Waals surface area contributed by atoms with Crippen LogP contribution in [-0.2, 0) is 9.53 Å². The Morgan fingerprint density at radius 3 is 3.00 bits per heavy atom. The Labute approximate surface area is 120 Å². The van der Waals surface area contributed by atoms with E-state index in [1.807, 2.05) is 6.07 Å². The van der Waals surface area contributed by atoms with Gasteiger partial charge in [0, 0.05) is 17.2 Å². The maximum Gasteiger partial charge on any atom is 0.328 e. The summed E-state index contributed by atoms with van der Waals surface area (Å²) < 4.78 is 5.63. The van der Waals surface area contributed by atoms with Gasteiger partial charge in [-0.3, -0.25) is 4.79 Å². The van der Waals surface area contributed by atoms with Gasteiger partial charge < -0.3 is 15.8 Å². The number of nitriles is 1. The largest absolute Gasteiger partial charge is 0.465 e. The summed E-state index contributed by atoms with van der Waals surface area (Å²) in [7, 11) is 0. The Bertz CT molecular complexity index is 515. The molecule has 102 valence electrons. The number of esters is 1. The van der Waals surface area contributed by atoms with Crippen molar-refractivity contribution in [3.05, 3.63) is 16.7 Å². The molecule has 1 atom stereocenters. The molecule has 0 aliphatic rings. The van der Waals surface area contributed by atoms with Gasteiger partial charge in [0.25, 0.3) is 0 Å². The van der Waals surface area contributed by atoms with Crippen LogP contribution in [0.15, 0.2) is 16.7 Å². The lowest BCUT2D eigenvalue weighted by Gasteiger charge is -2.20. The number of nitrogens with zero attached hydrogens (tertiary/aromatic N) is 2. The molecule has 19 heavy (non-hydrogen) atoms. The molecule has 0 amide bonds. The van der Waals surface area contributed by atoms with Crippen LogP contribution >= 0.6 is 15.9 Å². The third-order valence-corrected chi connectivity index (χ3v) is 2.92. The second kappa shape index (κ2) is 6.38. The van der Waals surface area contributed by atoms with Gasteiger partial charge in [0.05, 0.1) is 18.4 Å². The van der Waals surface area contributed by atoms with Gasteiger partial charge in [-0.2, -0.15) is 5.26 Å². The lowest BCUT2D eigenvalue weighted by Crippen LogP contribution is -2.35. The predicted octanol–water partition coefficient (Wildman–Crippen LogP) is 1.93. The molecule has 0 aromatic carbocycles. The van der Waals surface area contributed by atoms with E-state index in [0.717, 1.165) is 4.47 Å². The second-order valence-corrected chi connectivity index (χ2v) is 5.02. The monoisotopic (exact) mass is 326 g/mol. The van der Waals surface area contributed by atoms with Crippen LogP contribution in [0.5, 0.6) is 0 Å². The van der Waals surface area contributed by atoms with Crippen LogP contribution in [0, 0.1) is 16.7 Å². The first-order valence-corrected chi connectivity index (χ1v) is 6.45. The molecule has 0 aliphatic heterocycles. The molecule has 0 spiro atoms. The molecule has 0 saturated carbocycles. The minimum atomic E-state index is -1.27. The molecule has 0 aliphatic carbocycles. The summed E-state index contributed by atoms with van der Waals surface area (Å²) >= 11 is 3.27. The number of anilines is 2. The SMILES string of the molecule is CCOC(=O)[C@@](C)(C#N)CNc1cc(Br)cnc1N. The van der Waals surface area contributed by atoms with Gasteiger partial charge in [0.1, 0.15) is 5.82 Å². The van der Waals surface area contributed by atoms with Crippen LogP contribution in [0.3, 0.4) is 0 Å². The molecule has 0 saturated heterocycles. The molecule has 6 nitrogen and oxygen atoms in total. The fourth-order valence-corrected chi connectivity index (χ4v) is 1.64. The highest BCUT2D eigenvalue weighted by Crippen LogP contribution is 2.24. The number of carbonyl (C=O) groups excluding carboxylic acids is 1. The van der Waals surface area contributed by atoms with E-state index in [4.69, 9.17) is 15.7 Å². The van der Waals surface area contributed by atoms with Crippen molar-refractivity contribution in [1.29, 1.82) is 5.26 Å². The molecule has 0 radical (unpaired) electrons. The summed E-state index contributed by atoms with van der Waals surface area (Å²) in [5.41, 5.74) is 4.98. The number of nitrogens with one attached hydrogen (secondary N) is 1. The van der Waals surface area contributed by atoms with Gasteiger partial charge in [0.2, 0.25) is 0 Å². The topological polar surface area (TPSA) is 101 Å². The van der Waals surface area contributed by atoms with Crippen LogP contribution in [0.4, 0.5) is 11.5 Å². The zero-order valence-electron chi connectivity index (χ0n) is 10.7. The second-order valence-electron chi connectivity index (χ2n) is 4.10. The number of pyridine rings is 1. The number of ether oxygens (including phenoxy) is 1. The summed E-state index contributed by atoms with van der Waals surface area (Å²) in [6.07, 6.45) is 1.56. The highest BCUT2D eigenvalue weighted by atomic mass is 79.9. The minimum Gasteiger partial charge on any atom is -0.465 e. The Morgan fingerprint density at radius 2 is 2.42 bits per heavy atom. The Morgan fingerprint density at radius 1 is 1.74 bits per heavy atom. The van der Waals surface area contributed by atoms with Gasteiger partial charge in [-0.25, -0.2) is 4.98 Å². The zero-order valence-corrected chi connectivity index (χ0v) is 12.3. The van der Waals surface area contributed by atoms with Gasteiger partial charge in [-0.05, 0) is 35.8 Å². The van der Waals surface area contributed by atoms with Crippen molar-refractivity contribution in [2.24, 2.45) is 5.41 Å². The number of rotatable bonds is 5. The van der Waals surface area contributed by atoms with Gasteiger partial charge in [-0.1, -0.05) is 0 Å².